The third kappa shape index (κ3) is 2.92. The molecule has 112 valence electrons. The Kier molecular flexibility index (Phi) is 3.94. The number of halogens is 1. The number of para-hydroxylation sites is 1. The van der Waals surface area contributed by atoms with Crippen LogP contribution in [0.4, 0.5) is 0 Å². The van der Waals surface area contributed by atoms with Crippen LogP contribution in [0.25, 0.3) is 21.8 Å². The summed E-state index contributed by atoms with van der Waals surface area (Å²) in [4.78, 5) is 6.01. The van der Waals surface area contributed by atoms with Crippen molar-refractivity contribution in [2.24, 2.45) is 0 Å². The Bertz CT molecular complexity index is 983. The lowest BCUT2D eigenvalue weighted by Crippen LogP contribution is -1.88. The molecule has 4 aromatic rings. The third-order valence-corrected chi connectivity index (χ3v) is 5.26. The molecule has 0 radical (unpaired) electrons. The molecule has 0 fully saturated rings. The molecule has 1 nitrogen and oxygen atoms in total. The van der Waals surface area contributed by atoms with Gasteiger partial charge in [-0.25, -0.2) is 4.98 Å². The SMILES string of the molecule is Clc1ccc2nc3ccccc3c(SCc3ccccc3)c2c1. The summed E-state index contributed by atoms with van der Waals surface area (Å²) in [5, 5.41) is 3.05. The van der Waals surface area contributed by atoms with Crippen LogP contribution in [0.15, 0.2) is 77.7 Å². The predicted molar refractivity (Wildman–Crippen MR) is 100 cm³/mol. The van der Waals surface area contributed by atoms with Crippen molar-refractivity contribution >= 4 is 45.2 Å². The first-order valence-electron chi connectivity index (χ1n) is 7.46. The van der Waals surface area contributed by atoms with Crippen molar-refractivity contribution in [1.82, 2.24) is 4.98 Å². The van der Waals surface area contributed by atoms with E-state index in [0.29, 0.717) is 0 Å². The van der Waals surface area contributed by atoms with E-state index in [-0.39, 0.29) is 0 Å². The van der Waals surface area contributed by atoms with Crippen LogP contribution in [0.1, 0.15) is 5.56 Å². The number of thioether (sulfide) groups is 1. The minimum absolute atomic E-state index is 0.746. The molecule has 4 rings (SSSR count). The van der Waals surface area contributed by atoms with Crippen molar-refractivity contribution in [3.05, 3.63) is 83.4 Å². The van der Waals surface area contributed by atoms with Crippen LogP contribution in [0.3, 0.4) is 0 Å². The fourth-order valence-corrected chi connectivity index (χ4v) is 4.03. The van der Waals surface area contributed by atoms with Gasteiger partial charge >= 0.3 is 0 Å². The van der Waals surface area contributed by atoms with Gasteiger partial charge in [-0.3, -0.25) is 0 Å². The zero-order chi connectivity index (χ0) is 15.6. The molecular formula is C20H14ClNS. The highest BCUT2D eigenvalue weighted by molar-refractivity contribution is 7.99. The maximum absolute atomic E-state index is 6.22. The van der Waals surface area contributed by atoms with E-state index in [2.05, 4.69) is 42.5 Å². The van der Waals surface area contributed by atoms with Crippen molar-refractivity contribution in [2.45, 2.75) is 10.6 Å². The minimum Gasteiger partial charge on any atom is -0.248 e. The molecule has 23 heavy (non-hydrogen) atoms. The van der Waals surface area contributed by atoms with Gasteiger partial charge < -0.3 is 0 Å². The maximum atomic E-state index is 6.22. The lowest BCUT2D eigenvalue weighted by molar-refractivity contribution is 1.40. The van der Waals surface area contributed by atoms with Crippen molar-refractivity contribution < 1.29 is 0 Å². The molecular weight excluding hydrogens is 322 g/mol. The topological polar surface area (TPSA) is 12.9 Å². The molecule has 0 saturated heterocycles. The van der Waals surface area contributed by atoms with Crippen LogP contribution < -0.4 is 0 Å². The van der Waals surface area contributed by atoms with Gasteiger partial charge in [-0.15, -0.1) is 11.8 Å². The molecule has 1 aromatic heterocycles. The highest BCUT2D eigenvalue weighted by Gasteiger charge is 2.10. The molecule has 0 aliphatic heterocycles. The number of fused-ring (bicyclic) bond motifs is 2. The van der Waals surface area contributed by atoms with E-state index in [9.17, 15) is 0 Å². The fourth-order valence-electron chi connectivity index (χ4n) is 2.71. The number of aromatic nitrogens is 1. The Labute approximate surface area is 144 Å². The Morgan fingerprint density at radius 3 is 2.39 bits per heavy atom. The molecule has 0 aliphatic rings. The lowest BCUT2D eigenvalue weighted by Gasteiger charge is -2.11. The second kappa shape index (κ2) is 6.23. The molecule has 3 heteroatoms. The molecule has 3 aromatic carbocycles. The van der Waals surface area contributed by atoms with Gasteiger partial charge in [0.25, 0.3) is 0 Å². The van der Waals surface area contributed by atoms with E-state index in [1.165, 1.54) is 15.8 Å². The van der Waals surface area contributed by atoms with Crippen LogP contribution in [-0.4, -0.2) is 4.98 Å². The molecule has 0 aliphatic carbocycles. The largest absolute Gasteiger partial charge is 0.248 e. The highest BCUT2D eigenvalue weighted by atomic mass is 35.5. The van der Waals surface area contributed by atoms with Gasteiger partial charge in [-0.2, -0.15) is 0 Å². The van der Waals surface area contributed by atoms with Crippen LogP contribution in [0.2, 0.25) is 5.02 Å². The molecule has 0 N–H and O–H groups in total. The second-order valence-corrected chi connectivity index (χ2v) is 6.82. The molecule has 0 unspecified atom stereocenters. The van der Waals surface area contributed by atoms with Crippen molar-refractivity contribution in [1.29, 1.82) is 0 Å². The van der Waals surface area contributed by atoms with Gasteiger partial charge in [0.15, 0.2) is 0 Å². The van der Waals surface area contributed by atoms with Crippen molar-refractivity contribution in [2.75, 3.05) is 0 Å². The molecule has 0 saturated carbocycles. The highest BCUT2D eigenvalue weighted by Crippen LogP contribution is 2.36. The summed E-state index contributed by atoms with van der Waals surface area (Å²) in [5.74, 6) is 0.927. The van der Waals surface area contributed by atoms with Gasteiger partial charge in [-0.1, -0.05) is 60.1 Å². The average molecular weight is 336 g/mol. The molecule has 0 spiro atoms. The Morgan fingerprint density at radius 1 is 0.783 bits per heavy atom. The summed E-state index contributed by atoms with van der Waals surface area (Å²) in [6.07, 6.45) is 0. The fraction of sp³-hybridized carbons (Fsp3) is 0.0500. The minimum atomic E-state index is 0.746. The summed E-state index contributed by atoms with van der Waals surface area (Å²) in [6.45, 7) is 0. The molecule has 0 amide bonds. The zero-order valence-electron chi connectivity index (χ0n) is 12.4. The molecule has 0 bridgehead atoms. The van der Waals surface area contributed by atoms with Crippen molar-refractivity contribution in [3.63, 3.8) is 0 Å². The van der Waals surface area contributed by atoms with Gasteiger partial charge in [0.1, 0.15) is 0 Å². The standard InChI is InChI=1S/C20H14ClNS/c21-15-10-11-19-17(12-15)20(16-8-4-5-9-18(16)22-19)23-13-14-6-2-1-3-7-14/h1-12H,13H2. The predicted octanol–water partition coefficient (Wildman–Crippen LogP) is 6.33. The van der Waals surface area contributed by atoms with Crippen LogP contribution in [0, 0.1) is 0 Å². The lowest BCUT2D eigenvalue weighted by atomic mass is 10.1. The van der Waals surface area contributed by atoms with Gasteiger partial charge in [0, 0.05) is 26.4 Å². The monoisotopic (exact) mass is 335 g/mol. The number of pyridine rings is 1. The van der Waals surface area contributed by atoms with E-state index in [4.69, 9.17) is 16.6 Å². The number of nitrogens with zero attached hydrogens (tertiary/aromatic N) is 1. The van der Waals surface area contributed by atoms with E-state index in [0.717, 1.165) is 27.2 Å². The van der Waals surface area contributed by atoms with E-state index >= 15 is 0 Å². The average Bonchev–Trinajstić information content (AvgIpc) is 2.60. The van der Waals surface area contributed by atoms with Gasteiger partial charge in [-0.05, 0) is 29.8 Å². The summed E-state index contributed by atoms with van der Waals surface area (Å²) in [7, 11) is 0. The van der Waals surface area contributed by atoms with Crippen LogP contribution in [0.5, 0.6) is 0 Å². The quantitative estimate of drug-likeness (QED) is 0.320. The first-order valence-corrected chi connectivity index (χ1v) is 8.82. The maximum Gasteiger partial charge on any atom is 0.0722 e. The molecule has 0 atom stereocenters. The Balaban J connectivity index is 1.88. The Morgan fingerprint density at radius 2 is 1.52 bits per heavy atom. The molecule has 1 heterocycles. The first kappa shape index (κ1) is 14.6. The first-order chi connectivity index (χ1) is 11.3. The number of rotatable bonds is 3. The second-order valence-electron chi connectivity index (χ2n) is 5.39. The zero-order valence-corrected chi connectivity index (χ0v) is 13.9. The normalized spacial score (nSPS) is 11.2. The summed E-state index contributed by atoms with van der Waals surface area (Å²) in [5.41, 5.74) is 3.33. The summed E-state index contributed by atoms with van der Waals surface area (Å²) < 4.78 is 0. The Hall–Kier alpha value is -2.03. The van der Waals surface area contributed by atoms with E-state index in [1.54, 1.807) is 0 Å². The number of hydrogen-bond acceptors (Lipinski definition) is 2. The van der Waals surface area contributed by atoms with Crippen LogP contribution in [-0.2, 0) is 5.75 Å². The van der Waals surface area contributed by atoms with Crippen molar-refractivity contribution in [3.8, 4) is 0 Å². The summed E-state index contributed by atoms with van der Waals surface area (Å²) >= 11 is 8.06. The van der Waals surface area contributed by atoms with Crippen LogP contribution >= 0.6 is 23.4 Å². The number of hydrogen-bond donors (Lipinski definition) is 0. The van der Waals surface area contributed by atoms with Gasteiger partial charge in [0.2, 0.25) is 0 Å². The van der Waals surface area contributed by atoms with E-state index < -0.39 is 0 Å². The smallest absolute Gasteiger partial charge is 0.0722 e. The summed E-state index contributed by atoms with van der Waals surface area (Å²) in [6, 6.07) is 24.7. The third-order valence-electron chi connectivity index (χ3n) is 3.82. The number of benzene rings is 3. The van der Waals surface area contributed by atoms with E-state index in [1.807, 2.05) is 42.1 Å². The van der Waals surface area contributed by atoms with Gasteiger partial charge in [0.05, 0.1) is 11.0 Å².